The van der Waals surface area contributed by atoms with Crippen molar-refractivity contribution < 1.29 is 14.4 Å². The first kappa shape index (κ1) is 20.2. The van der Waals surface area contributed by atoms with Crippen LogP contribution in [0.5, 0.6) is 0 Å². The number of piperidine rings is 1. The van der Waals surface area contributed by atoms with Gasteiger partial charge in [-0.1, -0.05) is 12.1 Å². The van der Waals surface area contributed by atoms with E-state index in [1.54, 1.807) is 18.2 Å². The Morgan fingerprint density at radius 2 is 2.04 bits per heavy atom. The number of halogens is 1. The zero-order valence-corrected chi connectivity index (χ0v) is 15.6. The molecule has 2 heterocycles. The van der Waals surface area contributed by atoms with Crippen LogP contribution >= 0.6 is 12.4 Å². The van der Waals surface area contributed by atoms with Gasteiger partial charge in [-0.25, -0.2) is 0 Å². The monoisotopic (exact) mass is 380 g/mol. The molecule has 142 valence electrons. The first-order valence-corrected chi connectivity index (χ1v) is 8.76. The maximum Gasteiger partial charge on any atom is 0.244 e. The molecule has 0 radical (unpaired) electrons. The minimum atomic E-state index is -0.224. The van der Waals surface area contributed by atoms with Crippen LogP contribution in [0, 0.1) is 0 Å². The summed E-state index contributed by atoms with van der Waals surface area (Å²) in [7, 11) is 0. The molecule has 2 aliphatic heterocycles. The summed E-state index contributed by atoms with van der Waals surface area (Å²) in [6.07, 6.45) is 2.20. The molecule has 1 saturated heterocycles. The molecule has 0 saturated carbocycles. The lowest BCUT2D eigenvalue weighted by atomic mass is 9.99. The minimum absolute atomic E-state index is 0. The quantitative estimate of drug-likeness (QED) is 0.737. The normalized spacial score (nSPS) is 21.9. The molecule has 1 aromatic carbocycles. The SMILES string of the molecule is CC1NCCCC1NC(=O)CCC(=O)N1CC(=O)Nc2ccccc21.Cl. The molecule has 0 spiro atoms. The van der Waals surface area contributed by atoms with E-state index >= 15 is 0 Å². The van der Waals surface area contributed by atoms with Crippen molar-refractivity contribution >= 4 is 41.5 Å². The molecule has 0 aliphatic carbocycles. The Hall–Kier alpha value is -2.12. The van der Waals surface area contributed by atoms with Gasteiger partial charge < -0.3 is 20.9 Å². The highest BCUT2D eigenvalue weighted by molar-refractivity contribution is 6.10. The van der Waals surface area contributed by atoms with E-state index in [9.17, 15) is 14.4 Å². The van der Waals surface area contributed by atoms with Crippen molar-refractivity contribution in [3.8, 4) is 0 Å². The number of nitrogens with one attached hydrogen (secondary N) is 3. The second-order valence-electron chi connectivity index (χ2n) is 6.60. The summed E-state index contributed by atoms with van der Waals surface area (Å²) in [5, 5.41) is 9.09. The molecule has 1 aromatic rings. The summed E-state index contributed by atoms with van der Waals surface area (Å²) in [5.41, 5.74) is 1.30. The third kappa shape index (κ3) is 4.74. The largest absolute Gasteiger partial charge is 0.352 e. The van der Waals surface area contributed by atoms with Gasteiger partial charge >= 0.3 is 0 Å². The fourth-order valence-electron chi connectivity index (χ4n) is 3.33. The van der Waals surface area contributed by atoms with Crippen molar-refractivity contribution in [2.75, 3.05) is 23.3 Å². The standard InChI is InChI=1S/C18H24N4O3.ClH/c1-12-13(6-4-10-19-12)20-16(23)8-9-18(25)22-11-17(24)21-14-5-2-3-7-15(14)22;/h2-3,5,7,12-13,19H,4,6,8-11H2,1H3,(H,20,23)(H,21,24);1H. The maximum atomic E-state index is 12.5. The number of para-hydroxylation sites is 2. The summed E-state index contributed by atoms with van der Waals surface area (Å²) >= 11 is 0. The van der Waals surface area contributed by atoms with Crippen LogP contribution in [0.4, 0.5) is 11.4 Å². The van der Waals surface area contributed by atoms with Crippen molar-refractivity contribution in [3.05, 3.63) is 24.3 Å². The average Bonchev–Trinajstić information content (AvgIpc) is 2.61. The molecule has 2 aliphatic rings. The van der Waals surface area contributed by atoms with E-state index in [1.165, 1.54) is 4.90 Å². The van der Waals surface area contributed by atoms with Gasteiger partial charge in [-0.2, -0.15) is 0 Å². The number of carbonyl (C=O) groups excluding carboxylic acids is 3. The van der Waals surface area contributed by atoms with E-state index in [0.717, 1.165) is 19.4 Å². The third-order valence-electron chi connectivity index (χ3n) is 4.75. The molecule has 7 nitrogen and oxygen atoms in total. The number of anilines is 2. The molecule has 3 amide bonds. The van der Waals surface area contributed by atoms with Crippen LogP contribution in [-0.2, 0) is 14.4 Å². The summed E-state index contributed by atoms with van der Waals surface area (Å²) < 4.78 is 0. The molecule has 26 heavy (non-hydrogen) atoms. The van der Waals surface area contributed by atoms with E-state index in [0.29, 0.717) is 11.4 Å². The second kappa shape index (κ2) is 9.00. The Balaban J connectivity index is 0.00000243. The molecule has 8 heteroatoms. The van der Waals surface area contributed by atoms with Crippen LogP contribution in [0.1, 0.15) is 32.6 Å². The number of rotatable bonds is 4. The lowest BCUT2D eigenvalue weighted by Crippen LogP contribution is -2.52. The van der Waals surface area contributed by atoms with Gasteiger partial charge in [-0.3, -0.25) is 14.4 Å². The minimum Gasteiger partial charge on any atom is -0.352 e. The van der Waals surface area contributed by atoms with Gasteiger partial charge in [0.05, 0.1) is 11.4 Å². The second-order valence-corrected chi connectivity index (χ2v) is 6.60. The van der Waals surface area contributed by atoms with E-state index in [2.05, 4.69) is 22.9 Å². The van der Waals surface area contributed by atoms with Gasteiger partial charge in [0.2, 0.25) is 17.7 Å². The molecule has 0 aromatic heterocycles. The Morgan fingerprint density at radius 1 is 1.27 bits per heavy atom. The zero-order chi connectivity index (χ0) is 17.8. The highest BCUT2D eigenvalue weighted by atomic mass is 35.5. The first-order chi connectivity index (χ1) is 12.0. The fraction of sp³-hybridized carbons (Fsp3) is 0.500. The maximum absolute atomic E-state index is 12.5. The van der Waals surface area contributed by atoms with Crippen LogP contribution < -0.4 is 20.9 Å². The smallest absolute Gasteiger partial charge is 0.244 e. The predicted octanol–water partition coefficient (Wildman–Crippen LogP) is 1.43. The molecule has 1 fully saturated rings. The molecule has 3 N–H and O–H groups in total. The highest BCUT2D eigenvalue weighted by Gasteiger charge is 2.27. The molecular weight excluding hydrogens is 356 g/mol. The van der Waals surface area contributed by atoms with Crippen LogP contribution in [0.3, 0.4) is 0 Å². The molecular formula is C18H25ClN4O3. The number of hydrogen-bond acceptors (Lipinski definition) is 4. The van der Waals surface area contributed by atoms with E-state index in [-0.39, 0.29) is 61.6 Å². The summed E-state index contributed by atoms with van der Waals surface area (Å²) in [4.78, 5) is 37.9. The lowest BCUT2D eigenvalue weighted by molar-refractivity contribution is -0.126. The predicted molar refractivity (Wildman–Crippen MR) is 103 cm³/mol. The van der Waals surface area contributed by atoms with Gasteiger partial charge in [0.1, 0.15) is 6.54 Å². The zero-order valence-electron chi connectivity index (χ0n) is 14.8. The average molecular weight is 381 g/mol. The van der Waals surface area contributed by atoms with E-state index < -0.39 is 0 Å². The number of carbonyl (C=O) groups is 3. The van der Waals surface area contributed by atoms with Gasteiger partial charge in [0.25, 0.3) is 0 Å². The topological polar surface area (TPSA) is 90.5 Å². The lowest BCUT2D eigenvalue weighted by Gasteiger charge is -2.31. The summed E-state index contributed by atoms with van der Waals surface area (Å²) in [6.45, 7) is 3.02. The highest BCUT2D eigenvalue weighted by Crippen LogP contribution is 2.29. The van der Waals surface area contributed by atoms with E-state index in [4.69, 9.17) is 0 Å². The van der Waals surface area contributed by atoms with Crippen molar-refractivity contribution in [3.63, 3.8) is 0 Å². The van der Waals surface area contributed by atoms with Gasteiger partial charge in [-0.15, -0.1) is 12.4 Å². The van der Waals surface area contributed by atoms with Crippen LogP contribution in [0.25, 0.3) is 0 Å². The van der Waals surface area contributed by atoms with Crippen molar-refractivity contribution in [2.45, 2.75) is 44.7 Å². The molecule has 2 unspecified atom stereocenters. The van der Waals surface area contributed by atoms with Crippen molar-refractivity contribution in [2.24, 2.45) is 0 Å². The third-order valence-corrected chi connectivity index (χ3v) is 4.75. The Bertz CT molecular complexity index is 682. The Morgan fingerprint density at radius 3 is 2.81 bits per heavy atom. The number of hydrogen-bond donors (Lipinski definition) is 3. The fourth-order valence-corrected chi connectivity index (χ4v) is 3.33. The molecule has 2 atom stereocenters. The number of fused-ring (bicyclic) bond motifs is 1. The number of nitrogens with zero attached hydrogens (tertiary/aromatic N) is 1. The van der Waals surface area contributed by atoms with Crippen LogP contribution in [-0.4, -0.2) is 42.9 Å². The van der Waals surface area contributed by atoms with Gasteiger partial charge in [0, 0.05) is 24.9 Å². The summed E-state index contributed by atoms with van der Waals surface area (Å²) in [6, 6.07) is 7.53. The number of benzene rings is 1. The summed E-state index contributed by atoms with van der Waals surface area (Å²) in [5.74, 6) is -0.561. The number of amides is 3. The van der Waals surface area contributed by atoms with Crippen LogP contribution in [0.15, 0.2) is 24.3 Å². The first-order valence-electron chi connectivity index (χ1n) is 8.76. The van der Waals surface area contributed by atoms with Crippen molar-refractivity contribution in [1.29, 1.82) is 0 Å². The van der Waals surface area contributed by atoms with Crippen molar-refractivity contribution in [1.82, 2.24) is 10.6 Å². The van der Waals surface area contributed by atoms with Crippen LogP contribution in [0.2, 0.25) is 0 Å². The van der Waals surface area contributed by atoms with Gasteiger partial charge in [0.15, 0.2) is 0 Å². The van der Waals surface area contributed by atoms with Gasteiger partial charge in [-0.05, 0) is 38.4 Å². The molecule has 3 rings (SSSR count). The Labute approximate surface area is 159 Å². The molecule has 0 bridgehead atoms. The Kier molecular flexibility index (Phi) is 6.99. The van der Waals surface area contributed by atoms with E-state index in [1.807, 2.05) is 6.07 Å².